The lowest BCUT2D eigenvalue weighted by Gasteiger charge is -2.31. The van der Waals surface area contributed by atoms with Crippen LogP contribution in [-0.4, -0.2) is 44.9 Å². The summed E-state index contributed by atoms with van der Waals surface area (Å²) in [6.07, 6.45) is 3.33. The zero-order valence-electron chi connectivity index (χ0n) is 17.1. The van der Waals surface area contributed by atoms with Crippen LogP contribution in [0.15, 0.2) is 47.1 Å². The van der Waals surface area contributed by atoms with Gasteiger partial charge in [0.05, 0.1) is 5.02 Å². The Morgan fingerprint density at radius 1 is 1.06 bits per heavy atom. The van der Waals surface area contributed by atoms with Gasteiger partial charge < -0.3 is 14.7 Å². The first kappa shape index (κ1) is 22.2. The number of aryl methyl sites for hydroxylation is 1. The number of likely N-dealkylation sites (tertiary alicyclic amines) is 1. The zero-order chi connectivity index (χ0) is 22.5. The Kier molecular flexibility index (Phi) is 7.02. The van der Waals surface area contributed by atoms with E-state index in [1.165, 1.54) is 6.20 Å². The lowest BCUT2D eigenvalue weighted by molar-refractivity contribution is -0.134. The third-order valence-electron chi connectivity index (χ3n) is 5.32. The normalized spacial score (nSPS) is 14.4. The van der Waals surface area contributed by atoms with Gasteiger partial charge >= 0.3 is 0 Å². The smallest absolute Gasteiger partial charge is 0.228 e. The highest BCUT2D eigenvalue weighted by Crippen LogP contribution is 2.22. The number of carbonyl (C=O) groups is 2. The van der Waals surface area contributed by atoms with Crippen molar-refractivity contribution in [2.45, 2.75) is 25.7 Å². The SMILES string of the molecule is O=C(Nc1ccc(Cl)cn1)C1CCN(C(=O)CCc2nc(-c3ccc(Cl)cc3)no2)CC1. The molecule has 8 nitrogen and oxygen atoms in total. The maximum atomic E-state index is 12.6. The number of hydrogen-bond acceptors (Lipinski definition) is 6. The molecule has 3 heterocycles. The third-order valence-corrected chi connectivity index (χ3v) is 5.80. The van der Waals surface area contributed by atoms with Gasteiger partial charge in [0.25, 0.3) is 0 Å². The number of nitrogens with one attached hydrogen (secondary N) is 1. The largest absolute Gasteiger partial charge is 0.343 e. The molecule has 1 N–H and O–H groups in total. The highest BCUT2D eigenvalue weighted by Gasteiger charge is 2.27. The molecular weight excluding hydrogens is 453 g/mol. The molecule has 0 saturated carbocycles. The molecule has 0 atom stereocenters. The minimum atomic E-state index is -0.158. The molecule has 4 rings (SSSR count). The molecule has 10 heteroatoms. The van der Waals surface area contributed by atoms with Gasteiger partial charge in [0, 0.05) is 48.6 Å². The van der Waals surface area contributed by atoms with Crippen LogP contribution in [0.2, 0.25) is 10.0 Å². The maximum absolute atomic E-state index is 12.6. The number of halogens is 2. The molecule has 1 saturated heterocycles. The van der Waals surface area contributed by atoms with Crippen LogP contribution in [0.1, 0.15) is 25.2 Å². The molecule has 3 aromatic rings. The molecule has 0 bridgehead atoms. The number of pyridine rings is 1. The van der Waals surface area contributed by atoms with E-state index >= 15 is 0 Å². The summed E-state index contributed by atoms with van der Waals surface area (Å²) >= 11 is 11.7. The van der Waals surface area contributed by atoms with Crippen LogP contribution in [0.25, 0.3) is 11.4 Å². The average molecular weight is 474 g/mol. The lowest BCUT2D eigenvalue weighted by Crippen LogP contribution is -2.41. The lowest BCUT2D eigenvalue weighted by atomic mass is 9.95. The fourth-order valence-electron chi connectivity index (χ4n) is 3.51. The van der Waals surface area contributed by atoms with Gasteiger partial charge in [-0.3, -0.25) is 9.59 Å². The van der Waals surface area contributed by atoms with Crippen LogP contribution in [0.5, 0.6) is 0 Å². The molecule has 0 unspecified atom stereocenters. The van der Waals surface area contributed by atoms with Crippen molar-refractivity contribution in [3.63, 3.8) is 0 Å². The molecule has 1 aromatic carbocycles. The Hall–Kier alpha value is -2.97. The Labute approximate surface area is 194 Å². The minimum absolute atomic E-state index is 0.00877. The van der Waals surface area contributed by atoms with Gasteiger partial charge in [0.1, 0.15) is 5.82 Å². The van der Waals surface area contributed by atoms with Gasteiger partial charge in [-0.05, 0) is 49.2 Å². The minimum Gasteiger partial charge on any atom is -0.343 e. The molecule has 0 spiro atoms. The summed E-state index contributed by atoms with van der Waals surface area (Å²) < 4.78 is 5.27. The van der Waals surface area contributed by atoms with E-state index in [4.69, 9.17) is 27.7 Å². The van der Waals surface area contributed by atoms with Crippen molar-refractivity contribution in [3.8, 4) is 11.4 Å². The van der Waals surface area contributed by atoms with Gasteiger partial charge in [-0.2, -0.15) is 4.98 Å². The number of piperidine rings is 1. The van der Waals surface area contributed by atoms with Crippen LogP contribution in [0, 0.1) is 5.92 Å². The summed E-state index contributed by atoms with van der Waals surface area (Å²) in [6.45, 7) is 1.07. The van der Waals surface area contributed by atoms with E-state index in [0.29, 0.717) is 59.9 Å². The van der Waals surface area contributed by atoms with E-state index in [2.05, 4.69) is 20.4 Å². The van der Waals surface area contributed by atoms with Gasteiger partial charge in [-0.1, -0.05) is 28.4 Å². The van der Waals surface area contributed by atoms with Crippen molar-refractivity contribution in [2.75, 3.05) is 18.4 Å². The van der Waals surface area contributed by atoms with Crippen molar-refractivity contribution < 1.29 is 14.1 Å². The predicted octanol–water partition coefficient (Wildman–Crippen LogP) is 4.25. The standard InChI is InChI=1S/C22H21Cl2N5O3/c23-16-3-1-14(2-4-16)21-27-19(32-28-21)7-8-20(30)29-11-9-15(10-12-29)22(31)26-18-6-5-17(24)13-25-18/h1-6,13,15H,7-12H2,(H,25,26,31). The van der Waals surface area contributed by atoms with Crippen molar-refractivity contribution in [1.82, 2.24) is 20.0 Å². The molecule has 1 fully saturated rings. The first-order valence-corrected chi connectivity index (χ1v) is 11.0. The summed E-state index contributed by atoms with van der Waals surface area (Å²) in [5, 5.41) is 7.91. The fourth-order valence-corrected chi connectivity index (χ4v) is 3.75. The fraction of sp³-hybridized carbons (Fsp3) is 0.318. The predicted molar refractivity (Wildman–Crippen MR) is 120 cm³/mol. The summed E-state index contributed by atoms with van der Waals surface area (Å²) in [5.41, 5.74) is 0.796. The number of benzene rings is 1. The Bertz CT molecular complexity index is 1080. The van der Waals surface area contributed by atoms with E-state index < -0.39 is 0 Å². The zero-order valence-corrected chi connectivity index (χ0v) is 18.6. The quantitative estimate of drug-likeness (QED) is 0.573. The number of carbonyl (C=O) groups excluding carboxylic acids is 2. The Balaban J connectivity index is 1.23. The number of anilines is 1. The van der Waals surface area contributed by atoms with Gasteiger partial charge in [0.2, 0.25) is 23.5 Å². The second-order valence-corrected chi connectivity index (χ2v) is 8.40. The highest BCUT2D eigenvalue weighted by molar-refractivity contribution is 6.30. The molecule has 0 aliphatic carbocycles. The molecular formula is C22H21Cl2N5O3. The molecule has 2 aromatic heterocycles. The second-order valence-electron chi connectivity index (χ2n) is 7.52. The van der Waals surface area contributed by atoms with Crippen molar-refractivity contribution >= 4 is 40.8 Å². The summed E-state index contributed by atoms with van der Waals surface area (Å²) in [7, 11) is 0. The van der Waals surface area contributed by atoms with E-state index in [0.717, 1.165) is 5.56 Å². The summed E-state index contributed by atoms with van der Waals surface area (Å²) in [5.74, 6) is 1.10. The number of hydrogen-bond donors (Lipinski definition) is 1. The van der Waals surface area contributed by atoms with Crippen LogP contribution in [0.3, 0.4) is 0 Å². The highest BCUT2D eigenvalue weighted by atomic mass is 35.5. The van der Waals surface area contributed by atoms with Crippen molar-refractivity contribution in [2.24, 2.45) is 5.92 Å². The van der Waals surface area contributed by atoms with Gasteiger partial charge in [0.15, 0.2) is 0 Å². The van der Waals surface area contributed by atoms with Crippen LogP contribution >= 0.6 is 23.2 Å². The summed E-state index contributed by atoms with van der Waals surface area (Å²) in [6, 6.07) is 10.5. The number of nitrogens with zero attached hydrogens (tertiary/aromatic N) is 4. The molecule has 32 heavy (non-hydrogen) atoms. The molecule has 0 radical (unpaired) electrons. The third kappa shape index (κ3) is 5.63. The summed E-state index contributed by atoms with van der Waals surface area (Å²) in [4.78, 5) is 35.2. The number of aromatic nitrogens is 3. The maximum Gasteiger partial charge on any atom is 0.228 e. The van der Waals surface area contributed by atoms with Crippen LogP contribution in [-0.2, 0) is 16.0 Å². The first-order valence-electron chi connectivity index (χ1n) is 10.3. The number of rotatable bonds is 6. The van der Waals surface area contributed by atoms with Crippen LogP contribution in [0.4, 0.5) is 5.82 Å². The van der Waals surface area contributed by atoms with Crippen LogP contribution < -0.4 is 5.32 Å². The van der Waals surface area contributed by atoms with E-state index in [1.54, 1.807) is 29.2 Å². The molecule has 2 amide bonds. The molecule has 1 aliphatic rings. The van der Waals surface area contributed by atoms with Crippen molar-refractivity contribution in [1.29, 1.82) is 0 Å². The first-order chi connectivity index (χ1) is 15.5. The Morgan fingerprint density at radius 3 is 2.47 bits per heavy atom. The van der Waals surface area contributed by atoms with E-state index in [1.807, 2.05) is 12.1 Å². The molecule has 1 aliphatic heterocycles. The van der Waals surface area contributed by atoms with E-state index in [-0.39, 0.29) is 24.2 Å². The topological polar surface area (TPSA) is 101 Å². The average Bonchev–Trinajstić information content (AvgIpc) is 3.28. The van der Waals surface area contributed by atoms with Gasteiger partial charge in [-0.25, -0.2) is 4.98 Å². The second kappa shape index (κ2) is 10.1. The monoisotopic (exact) mass is 473 g/mol. The van der Waals surface area contributed by atoms with E-state index in [9.17, 15) is 9.59 Å². The van der Waals surface area contributed by atoms with Crippen molar-refractivity contribution in [3.05, 3.63) is 58.5 Å². The Morgan fingerprint density at radius 2 is 1.78 bits per heavy atom. The molecule has 166 valence electrons. The number of amides is 2. The van der Waals surface area contributed by atoms with Gasteiger partial charge in [-0.15, -0.1) is 0 Å².